The van der Waals surface area contributed by atoms with E-state index in [4.69, 9.17) is 0 Å². The lowest BCUT2D eigenvalue weighted by Crippen LogP contribution is -2.31. The van der Waals surface area contributed by atoms with Crippen LogP contribution in [0.25, 0.3) is 0 Å². The van der Waals surface area contributed by atoms with E-state index < -0.39 is 0 Å². The van der Waals surface area contributed by atoms with Crippen LogP contribution in [0.3, 0.4) is 0 Å². The van der Waals surface area contributed by atoms with E-state index in [2.05, 4.69) is 35.8 Å². The van der Waals surface area contributed by atoms with Crippen molar-refractivity contribution in [2.75, 3.05) is 0 Å². The number of halogens is 1. The SMILES string of the molecule is CCC(Sc1ccccc1)C(=O)NCc1ccc2c(c1)CNC2.Cl. The van der Waals surface area contributed by atoms with E-state index in [0.717, 1.165) is 24.4 Å². The van der Waals surface area contributed by atoms with Crippen molar-refractivity contribution < 1.29 is 4.79 Å². The predicted molar refractivity (Wildman–Crippen MR) is 102 cm³/mol. The van der Waals surface area contributed by atoms with Crippen molar-refractivity contribution in [2.24, 2.45) is 0 Å². The van der Waals surface area contributed by atoms with Gasteiger partial charge in [-0.2, -0.15) is 0 Å². The standard InChI is InChI=1S/C19H22N2OS.ClH/c1-2-18(23-17-6-4-3-5-7-17)19(22)21-11-14-8-9-15-12-20-13-16(15)10-14;/h3-10,18,20H,2,11-13H2,1H3,(H,21,22);1H. The molecule has 0 aliphatic carbocycles. The lowest BCUT2D eigenvalue weighted by Gasteiger charge is -2.15. The number of thioether (sulfide) groups is 1. The molecule has 0 saturated carbocycles. The first-order chi connectivity index (χ1) is 11.3. The maximum atomic E-state index is 12.4. The Hall–Kier alpha value is -1.49. The molecule has 5 heteroatoms. The molecule has 0 fully saturated rings. The van der Waals surface area contributed by atoms with E-state index in [-0.39, 0.29) is 23.6 Å². The van der Waals surface area contributed by atoms with E-state index in [9.17, 15) is 4.79 Å². The lowest BCUT2D eigenvalue weighted by atomic mass is 10.1. The third-order valence-corrected chi connectivity index (χ3v) is 5.43. The minimum absolute atomic E-state index is 0. The van der Waals surface area contributed by atoms with Gasteiger partial charge in [0.1, 0.15) is 0 Å². The number of carbonyl (C=O) groups excluding carboxylic acids is 1. The molecule has 1 unspecified atom stereocenters. The van der Waals surface area contributed by atoms with Crippen LogP contribution in [0.5, 0.6) is 0 Å². The molecule has 3 rings (SSSR count). The van der Waals surface area contributed by atoms with Gasteiger partial charge < -0.3 is 10.6 Å². The molecule has 0 spiro atoms. The normalized spacial score (nSPS) is 13.7. The van der Waals surface area contributed by atoms with Crippen LogP contribution in [0.1, 0.15) is 30.0 Å². The van der Waals surface area contributed by atoms with E-state index in [1.165, 1.54) is 16.7 Å². The molecule has 2 aromatic carbocycles. The third-order valence-electron chi connectivity index (χ3n) is 4.05. The van der Waals surface area contributed by atoms with Crippen LogP contribution in [0.4, 0.5) is 0 Å². The van der Waals surface area contributed by atoms with E-state index >= 15 is 0 Å². The van der Waals surface area contributed by atoms with Gasteiger partial charge in [0.05, 0.1) is 5.25 Å². The summed E-state index contributed by atoms with van der Waals surface area (Å²) < 4.78 is 0. The molecular formula is C19H23ClN2OS. The number of rotatable bonds is 6. The second-order valence-corrected chi connectivity index (χ2v) is 7.03. The van der Waals surface area contributed by atoms with Crippen LogP contribution in [0, 0.1) is 0 Å². The Morgan fingerprint density at radius 1 is 1.17 bits per heavy atom. The third kappa shape index (κ3) is 4.76. The summed E-state index contributed by atoms with van der Waals surface area (Å²) in [5.74, 6) is 0.111. The van der Waals surface area contributed by atoms with Gasteiger partial charge in [-0.05, 0) is 35.2 Å². The molecular weight excluding hydrogens is 340 g/mol. The molecule has 0 radical (unpaired) electrons. The van der Waals surface area contributed by atoms with Crippen molar-refractivity contribution >= 4 is 30.1 Å². The Kier molecular flexibility index (Phi) is 7.16. The zero-order valence-corrected chi connectivity index (χ0v) is 15.4. The number of hydrogen-bond acceptors (Lipinski definition) is 3. The average Bonchev–Trinajstić information content (AvgIpc) is 3.06. The molecule has 2 aromatic rings. The molecule has 1 aliphatic heterocycles. The first-order valence-corrected chi connectivity index (χ1v) is 8.95. The van der Waals surface area contributed by atoms with Crippen LogP contribution < -0.4 is 10.6 Å². The van der Waals surface area contributed by atoms with Gasteiger partial charge in [0.2, 0.25) is 5.91 Å². The quantitative estimate of drug-likeness (QED) is 0.766. The zero-order valence-electron chi connectivity index (χ0n) is 13.7. The van der Waals surface area contributed by atoms with Crippen molar-refractivity contribution in [2.45, 2.75) is 43.1 Å². The van der Waals surface area contributed by atoms with Crippen molar-refractivity contribution in [3.05, 3.63) is 65.2 Å². The molecule has 128 valence electrons. The van der Waals surface area contributed by atoms with Gasteiger partial charge in [0.25, 0.3) is 0 Å². The van der Waals surface area contributed by atoms with Gasteiger partial charge in [-0.25, -0.2) is 0 Å². The number of amides is 1. The Morgan fingerprint density at radius 2 is 1.92 bits per heavy atom. The van der Waals surface area contributed by atoms with Gasteiger partial charge in [0, 0.05) is 24.5 Å². The Bertz CT molecular complexity index is 678. The number of nitrogens with one attached hydrogen (secondary N) is 2. The van der Waals surface area contributed by atoms with Crippen LogP contribution in [-0.4, -0.2) is 11.2 Å². The summed E-state index contributed by atoms with van der Waals surface area (Å²) in [4.78, 5) is 13.6. The maximum Gasteiger partial charge on any atom is 0.233 e. The summed E-state index contributed by atoms with van der Waals surface area (Å²) in [5, 5.41) is 6.38. The molecule has 3 nitrogen and oxygen atoms in total. The molecule has 1 atom stereocenters. The summed E-state index contributed by atoms with van der Waals surface area (Å²) in [7, 11) is 0. The molecule has 0 bridgehead atoms. The molecule has 2 N–H and O–H groups in total. The largest absolute Gasteiger partial charge is 0.351 e. The molecule has 1 heterocycles. The Balaban J connectivity index is 0.00000208. The van der Waals surface area contributed by atoms with Crippen LogP contribution >= 0.6 is 24.2 Å². The smallest absolute Gasteiger partial charge is 0.233 e. The zero-order chi connectivity index (χ0) is 16.1. The van der Waals surface area contributed by atoms with Crippen LogP contribution in [-0.2, 0) is 24.4 Å². The molecule has 24 heavy (non-hydrogen) atoms. The lowest BCUT2D eigenvalue weighted by molar-refractivity contribution is -0.120. The number of carbonyl (C=O) groups is 1. The summed E-state index contributed by atoms with van der Waals surface area (Å²) in [6, 6.07) is 16.6. The highest BCUT2D eigenvalue weighted by Crippen LogP contribution is 2.25. The fourth-order valence-electron chi connectivity index (χ4n) is 2.75. The Labute approximate surface area is 154 Å². The fraction of sp³-hybridized carbons (Fsp3) is 0.316. The van der Waals surface area contributed by atoms with E-state index in [1.807, 2.05) is 30.3 Å². The van der Waals surface area contributed by atoms with Crippen LogP contribution in [0.15, 0.2) is 53.4 Å². The van der Waals surface area contributed by atoms with Gasteiger partial charge in [-0.15, -0.1) is 24.2 Å². The highest BCUT2D eigenvalue weighted by atomic mass is 35.5. The summed E-state index contributed by atoms with van der Waals surface area (Å²) >= 11 is 1.63. The number of hydrogen-bond donors (Lipinski definition) is 2. The van der Waals surface area contributed by atoms with Crippen molar-refractivity contribution in [3.8, 4) is 0 Å². The first-order valence-electron chi connectivity index (χ1n) is 8.07. The molecule has 1 aliphatic rings. The predicted octanol–water partition coefficient (Wildman–Crippen LogP) is 3.90. The number of fused-ring (bicyclic) bond motifs is 1. The molecule has 1 amide bonds. The fourth-order valence-corrected chi connectivity index (χ4v) is 3.75. The van der Waals surface area contributed by atoms with Crippen molar-refractivity contribution in [1.29, 1.82) is 0 Å². The second-order valence-electron chi connectivity index (χ2n) is 5.75. The van der Waals surface area contributed by atoms with Crippen molar-refractivity contribution in [3.63, 3.8) is 0 Å². The maximum absolute atomic E-state index is 12.4. The molecule has 0 aromatic heterocycles. The Morgan fingerprint density at radius 3 is 2.67 bits per heavy atom. The second kappa shape index (κ2) is 9.11. The number of benzene rings is 2. The average molecular weight is 363 g/mol. The monoisotopic (exact) mass is 362 g/mol. The van der Waals surface area contributed by atoms with Gasteiger partial charge >= 0.3 is 0 Å². The summed E-state index contributed by atoms with van der Waals surface area (Å²) in [6.07, 6.45) is 0.819. The molecule has 0 saturated heterocycles. The van der Waals surface area contributed by atoms with Crippen molar-refractivity contribution in [1.82, 2.24) is 10.6 Å². The summed E-state index contributed by atoms with van der Waals surface area (Å²) in [6.45, 7) is 4.53. The minimum Gasteiger partial charge on any atom is -0.351 e. The first kappa shape index (κ1) is 18.8. The summed E-state index contributed by atoms with van der Waals surface area (Å²) in [5.41, 5.74) is 3.88. The van der Waals surface area contributed by atoms with Gasteiger partial charge in [-0.3, -0.25) is 4.79 Å². The van der Waals surface area contributed by atoms with Crippen LogP contribution in [0.2, 0.25) is 0 Å². The minimum atomic E-state index is -0.0477. The van der Waals surface area contributed by atoms with Gasteiger partial charge in [-0.1, -0.05) is 43.3 Å². The highest BCUT2D eigenvalue weighted by Gasteiger charge is 2.18. The van der Waals surface area contributed by atoms with E-state index in [1.54, 1.807) is 11.8 Å². The van der Waals surface area contributed by atoms with Gasteiger partial charge in [0.15, 0.2) is 0 Å². The highest BCUT2D eigenvalue weighted by molar-refractivity contribution is 8.00. The topological polar surface area (TPSA) is 41.1 Å². The van der Waals surface area contributed by atoms with E-state index in [0.29, 0.717) is 6.54 Å².